The van der Waals surface area contributed by atoms with E-state index >= 15 is 0 Å². The van der Waals surface area contributed by atoms with Crippen LogP contribution in [0.15, 0.2) is 40.3 Å². The maximum atomic E-state index is 13.4. The molecule has 8 heteroatoms. The predicted molar refractivity (Wildman–Crippen MR) is 131 cm³/mol. The Bertz CT molecular complexity index is 1140. The van der Waals surface area contributed by atoms with Crippen LogP contribution in [0.4, 0.5) is 0 Å². The second-order valence-electron chi connectivity index (χ2n) is 8.14. The van der Waals surface area contributed by atoms with Crippen molar-refractivity contribution in [2.45, 2.75) is 50.2 Å². The summed E-state index contributed by atoms with van der Waals surface area (Å²) < 4.78 is 6.90. The van der Waals surface area contributed by atoms with Crippen molar-refractivity contribution < 1.29 is 9.53 Å². The van der Waals surface area contributed by atoms with Crippen molar-refractivity contribution in [3.63, 3.8) is 0 Å². The van der Waals surface area contributed by atoms with Gasteiger partial charge in [-0.3, -0.25) is 14.2 Å². The number of hydrogen-bond donors (Lipinski definition) is 1. The van der Waals surface area contributed by atoms with Gasteiger partial charge in [-0.15, -0.1) is 11.3 Å². The van der Waals surface area contributed by atoms with Gasteiger partial charge >= 0.3 is 0 Å². The number of amides is 1. The highest BCUT2D eigenvalue weighted by molar-refractivity contribution is 7.99. The molecule has 170 valence electrons. The third-order valence-electron chi connectivity index (χ3n) is 5.87. The fraction of sp³-hybridized carbons (Fsp3) is 0.458. The number of rotatable bonds is 9. The summed E-state index contributed by atoms with van der Waals surface area (Å²) in [5.41, 5.74) is 2.37. The zero-order valence-corrected chi connectivity index (χ0v) is 20.2. The van der Waals surface area contributed by atoms with Crippen LogP contribution in [0.1, 0.15) is 41.7 Å². The summed E-state index contributed by atoms with van der Waals surface area (Å²) in [5.74, 6) is 0.394. The number of nitrogens with one attached hydrogen (secondary N) is 1. The van der Waals surface area contributed by atoms with Gasteiger partial charge in [-0.1, -0.05) is 49.0 Å². The summed E-state index contributed by atoms with van der Waals surface area (Å²) in [6, 6.07) is 10.1. The minimum absolute atomic E-state index is 0.00735. The van der Waals surface area contributed by atoms with E-state index in [2.05, 4.69) is 24.4 Å². The minimum Gasteiger partial charge on any atom is -0.383 e. The summed E-state index contributed by atoms with van der Waals surface area (Å²) in [5, 5.41) is 4.37. The van der Waals surface area contributed by atoms with Crippen LogP contribution in [0.25, 0.3) is 10.2 Å². The van der Waals surface area contributed by atoms with Gasteiger partial charge < -0.3 is 10.1 Å². The summed E-state index contributed by atoms with van der Waals surface area (Å²) in [6.45, 7) is 3.52. The van der Waals surface area contributed by atoms with Crippen LogP contribution in [-0.2, 0) is 28.9 Å². The number of methoxy groups -OCH3 is 1. The molecule has 1 unspecified atom stereocenters. The topological polar surface area (TPSA) is 73.2 Å². The van der Waals surface area contributed by atoms with E-state index in [-0.39, 0.29) is 23.1 Å². The summed E-state index contributed by atoms with van der Waals surface area (Å²) in [6.07, 6.45) is 4.26. The number of hydrogen-bond acceptors (Lipinski definition) is 6. The highest BCUT2D eigenvalue weighted by Gasteiger charge is 2.22. The molecule has 1 aromatic carbocycles. The Balaban J connectivity index is 1.49. The number of thiophene rings is 1. The number of carbonyl (C=O) groups is 1. The third-order valence-corrected chi connectivity index (χ3v) is 8.03. The van der Waals surface area contributed by atoms with Crippen molar-refractivity contribution in [3.8, 4) is 0 Å². The Morgan fingerprint density at radius 1 is 1.28 bits per heavy atom. The second kappa shape index (κ2) is 10.6. The van der Waals surface area contributed by atoms with Gasteiger partial charge in [0.1, 0.15) is 4.83 Å². The van der Waals surface area contributed by atoms with E-state index in [0.29, 0.717) is 24.9 Å². The van der Waals surface area contributed by atoms with Crippen LogP contribution in [0.3, 0.4) is 0 Å². The monoisotopic (exact) mass is 471 g/mol. The van der Waals surface area contributed by atoms with Crippen molar-refractivity contribution in [1.82, 2.24) is 14.9 Å². The lowest BCUT2D eigenvalue weighted by Gasteiger charge is -2.14. The van der Waals surface area contributed by atoms with Crippen LogP contribution < -0.4 is 10.9 Å². The van der Waals surface area contributed by atoms with Crippen LogP contribution in [0.5, 0.6) is 0 Å². The lowest BCUT2D eigenvalue weighted by Crippen LogP contribution is -2.30. The Morgan fingerprint density at radius 2 is 2.06 bits per heavy atom. The number of fused-ring (bicyclic) bond motifs is 3. The van der Waals surface area contributed by atoms with E-state index in [1.165, 1.54) is 34.2 Å². The quantitative estimate of drug-likeness (QED) is 0.377. The first kappa shape index (κ1) is 23.0. The zero-order chi connectivity index (χ0) is 22.5. The van der Waals surface area contributed by atoms with Crippen LogP contribution in [0.2, 0.25) is 0 Å². The smallest absolute Gasteiger partial charge is 0.263 e. The number of benzene rings is 1. The standard InChI is InChI=1S/C24H29N3O3S2/c1-16(17-8-4-3-5-9-17)14-25-20(28)15-31-24-26-22-21(23(29)27(24)12-13-30-2)18-10-6-7-11-19(18)32-22/h3-5,8-9,16H,6-7,10-15H2,1-2H3,(H,25,28). The molecule has 0 bridgehead atoms. The molecule has 32 heavy (non-hydrogen) atoms. The van der Waals surface area contributed by atoms with Crippen LogP contribution >= 0.6 is 23.1 Å². The molecule has 0 fully saturated rings. The number of carbonyl (C=O) groups excluding carboxylic acids is 1. The third kappa shape index (κ3) is 5.08. The summed E-state index contributed by atoms with van der Waals surface area (Å²) in [7, 11) is 1.62. The molecule has 3 aromatic rings. The Labute approximate surface area is 196 Å². The number of aryl methyl sites for hydroxylation is 2. The molecule has 1 aliphatic carbocycles. The fourth-order valence-electron chi connectivity index (χ4n) is 4.06. The molecular formula is C24H29N3O3S2. The molecule has 0 saturated heterocycles. The Kier molecular flexibility index (Phi) is 7.65. The van der Waals surface area contributed by atoms with Gasteiger partial charge in [0.15, 0.2) is 5.16 Å². The minimum atomic E-state index is -0.0594. The van der Waals surface area contributed by atoms with Crippen molar-refractivity contribution in [1.29, 1.82) is 0 Å². The molecular weight excluding hydrogens is 442 g/mol. The SMILES string of the molecule is COCCn1c(SCC(=O)NCC(C)c2ccccc2)nc2sc3c(c2c1=O)CCCC3. The van der Waals surface area contributed by atoms with Gasteiger partial charge in [-0.05, 0) is 42.7 Å². The van der Waals surface area contributed by atoms with Crippen LogP contribution in [0, 0.1) is 0 Å². The van der Waals surface area contributed by atoms with Gasteiger partial charge in [0.05, 0.1) is 24.3 Å². The van der Waals surface area contributed by atoms with Crippen LogP contribution in [-0.4, -0.2) is 41.5 Å². The molecule has 1 atom stereocenters. The first-order valence-corrected chi connectivity index (χ1v) is 12.9. The molecule has 2 heterocycles. The molecule has 1 amide bonds. The Hall–Kier alpha value is -2.16. The van der Waals surface area contributed by atoms with Crippen molar-refractivity contribution in [2.24, 2.45) is 0 Å². The summed E-state index contributed by atoms with van der Waals surface area (Å²) >= 11 is 2.96. The molecule has 4 rings (SSSR count). The fourth-order valence-corrected chi connectivity index (χ4v) is 6.21. The van der Waals surface area contributed by atoms with Crippen molar-refractivity contribution in [2.75, 3.05) is 26.0 Å². The highest BCUT2D eigenvalue weighted by atomic mass is 32.2. The van der Waals surface area contributed by atoms with Crippen molar-refractivity contribution >= 4 is 39.2 Å². The van der Waals surface area contributed by atoms with Gasteiger partial charge in [-0.2, -0.15) is 0 Å². The number of ether oxygens (including phenoxy) is 1. The lowest BCUT2D eigenvalue weighted by atomic mass is 9.97. The van der Waals surface area contributed by atoms with E-state index < -0.39 is 0 Å². The molecule has 0 radical (unpaired) electrons. The number of nitrogens with zero attached hydrogens (tertiary/aromatic N) is 2. The highest BCUT2D eigenvalue weighted by Crippen LogP contribution is 2.34. The second-order valence-corrected chi connectivity index (χ2v) is 10.2. The Morgan fingerprint density at radius 3 is 2.84 bits per heavy atom. The average Bonchev–Trinajstić information content (AvgIpc) is 3.20. The van der Waals surface area contributed by atoms with E-state index in [9.17, 15) is 9.59 Å². The van der Waals surface area contributed by atoms with Gasteiger partial charge in [0.25, 0.3) is 5.56 Å². The maximum Gasteiger partial charge on any atom is 0.263 e. The van der Waals surface area contributed by atoms with Gasteiger partial charge in [0.2, 0.25) is 5.91 Å². The maximum absolute atomic E-state index is 13.4. The van der Waals surface area contributed by atoms with Crippen molar-refractivity contribution in [3.05, 3.63) is 56.7 Å². The molecule has 0 spiro atoms. The predicted octanol–water partition coefficient (Wildman–Crippen LogP) is 4.00. The molecule has 1 N–H and O–H groups in total. The molecule has 2 aromatic heterocycles. The average molecular weight is 472 g/mol. The molecule has 6 nitrogen and oxygen atoms in total. The number of thioether (sulfide) groups is 1. The first-order valence-electron chi connectivity index (χ1n) is 11.1. The summed E-state index contributed by atoms with van der Waals surface area (Å²) in [4.78, 5) is 32.8. The normalized spacial score (nSPS) is 14.3. The van der Waals surface area contributed by atoms with Gasteiger partial charge in [-0.25, -0.2) is 4.98 Å². The van der Waals surface area contributed by atoms with E-state index in [1.807, 2.05) is 18.2 Å². The largest absolute Gasteiger partial charge is 0.383 e. The molecule has 0 saturated carbocycles. The lowest BCUT2D eigenvalue weighted by molar-refractivity contribution is -0.118. The zero-order valence-electron chi connectivity index (χ0n) is 18.6. The molecule has 0 aliphatic heterocycles. The molecule has 1 aliphatic rings. The first-order chi connectivity index (χ1) is 15.6. The van der Waals surface area contributed by atoms with E-state index in [0.717, 1.165) is 29.5 Å². The van der Waals surface area contributed by atoms with E-state index in [4.69, 9.17) is 9.72 Å². The van der Waals surface area contributed by atoms with Gasteiger partial charge in [0, 0.05) is 18.5 Å². The number of aromatic nitrogens is 2. The van der Waals surface area contributed by atoms with E-state index in [1.54, 1.807) is 23.0 Å².